The predicted octanol–water partition coefficient (Wildman–Crippen LogP) is 2.85. The number of ether oxygens (including phenoxy) is 1. The topological polar surface area (TPSA) is 53.9 Å². The largest absolute Gasteiger partial charge is 0.445 e. The van der Waals surface area contributed by atoms with E-state index < -0.39 is 0 Å². The first-order valence-corrected chi connectivity index (χ1v) is 8.52. The number of nitrogens with zero attached hydrogens (tertiary/aromatic N) is 2. The third-order valence-corrected chi connectivity index (χ3v) is 4.15. The number of carbonyl (C=O) groups is 1. The van der Waals surface area contributed by atoms with Gasteiger partial charge in [-0.25, -0.2) is 4.79 Å². The van der Waals surface area contributed by atoms with E-state index in [4.69, 9.17) is 4.74 Å². The minimum absolute atomic E-state index is 0.299. The summed E-state index contributed by atoms with van der Waals surface area (Å²) in [6.07, 6.45) is 0.488. The van der Waals surface area contributed by atoms with Crippen molar-refractivity contribution in [3.63, 3.8) is 0 Å². The molecule has 0 radical (unpaired) electrons. The van der Waals surface area contributed by atoms with Gasteiger partial charge in [-0.2, -0.15) is 0 Å². The quantitative estimate of drug-likeness (QED) is 0.882. The lowest BCUT2D eigenvalue weighted by molar-refractivity contribution is 0.105. The van der Waals surface area contributed by atoms with Crippen molar-refractivity contribution in [1.29, 1.82) is 0 Å². The monoisotopic (exact) mass is 337 g/mol. The van der Waals surface area contributed by atoms with Crippen molar-refractivity contribution < 1.29 is 9.53 Å². The third-order valence-electron chi connectivity index (χ3n) is 4.15. The lowest BCUT2D eigenvalue weighted by Crippen LogP contribution is -2.29. The highest BCUT2D eigenvalue weighted by Crippen LogP contribution is 2.09. The number of hydrogen-bond donors (Lipinski definition) is 1. The van der Waals surface area contributed by atoms with Crippen molar-refractivity contribution in [2.75, 3.05) is 26.7 Å². The van der Waals surface area contributed by atoms with Crippen molar-refractivity contribution >= 4 is 11.9 Å². The maximum atomic E-state index is 12.0. The van der Waals surface area contributed by atoms with E-state index in [0.29, 0.717) is 13.2 Å². The molecule has 5 heteroatoms. The minimum Gasteiger partial charge on any atom is -0.445 e. The van der Waals surface area contributed by atoms with Gasteiger partial charge in [0, 0.05) is 25.7 Å². The van der Waals surface area contributed by atoms with Crippen molar-refractivity contribution in [3.05, 3.63) is 71.3 Å². The molecule has 0 saturated heterocycles. The first-order chi connectivity index (χ1) is 12.2. The Morgan fingerprint density at radius 1 is 1.12 bits per heavy atom. The van der Waals surface area contributed by atoms with Gasteiger partial charge in [0.1, 0.15) is 12.4 Å². The van der Waals surface area contributed by atoms with Crippen molar-refractivity contribution in [2.45, 2.75) is 13.0 Å². The summed E-state index contributed by atoms with van der Waals surface area (Å²) in [5, 5.41) is 3.27. The van der Waals surface area contributed by atoms with Crippen LogP contribution in [0.5, 0.6) is 0 Å². The van der Waals surface area contributed by atoms with Crippen LogP contribution in [0.25, 0.3) is 0 Å². The van der Waals surface area contributed by atoms with E-state index in [0.717, 1.165) is 36.5 Å². The fourth-order valence-corrected chi connectivity index (χ4v) is 2.64. The highest BCUT2D eigenvalue weighted by Gasteiger charge is 2.11. The second-order valence-corrected chi connectivity index (χ2v) is 6.07. The Hall–Kier alpha value is -2.82. The van der Waals surface area contributed by atoms with Gasteiger partial charge in [0.05, 0.1) is 6.54 Å². The molecule has 2 aromatic carbocycles. The molecule has 1 heterocycles. The SMILES string of the molecule is CN(CCc1ccc(C2=NCCN2)cc1)C(=O)OCc1ccccc1. The fraction of sp³-hybridized carbons (Fsp3) is 0.300. The molecule has 2 aromatic rings. The molecule has 0 spiro atoms. The van der Waals surface area contributed by atoms with E-state index in [1.807, 2.05) is 30.3 Å². The molecule has 0 aliphatic carbocycles. The van der Waals surface area contributed by atoms with Gasteiger partial charge in [-0.15, -0.1) is 0 Å². The predicted molar refractivity (Wildman–Crippen MR) is 98.8 cm³/mol. The summed E-state index contributed by atoms with van der Waals surface area (Å²) in [5.74, 6) is 0.966. The molecule has 0 fully saturated rings. The summed E-state index contributed by atoms with van der Waals surface area (Å²) in [6, 6.07) is 18.0. The van der Waals surface area contributed by atoms with E-state index in [9.17, 15) is 4.79 Å². The molecule has 25 heavy (non-hydrogen) atoms. The van der Waals surface area contributed by atoms with Crippen LogP contribution in [0.2, 0.25) is 0 Å². The van der Waals surface area contributed by atoms with Crippen LogP contribution in [0.15, 0.2) is 59.6 Å². The van der Waals surface area contributed by atoms with Crippen LogP contribution in [-0.4, -0.2) is 43.5 Å². The van der Waals surface area contributed by atoms with E-state index in [-0.39, 0.29) is 6.09 Å². The van der Waals surface area contributed by atoms with E-state index in [1.54, 1.807) is 11.9 Å². The zero-order valence-electron chi connectivity index (χ0n) is 14.4. The highest BCUT2D eigenvalue weighted by atomic mass is 16.6. The van der Waals surface area contributed by atoms with Crippen molar-refractivity contribution in [3.8, 4) is 0 Å². The van der Waals surface area contributed by atoms with Crippen LogP contribution in [0.4, 0.5) is 4.79 Å². The molecule has 0 aromatic heterocycles. The lowest BCUT2D eigenvalue weighted by Gasteiger charge is -2.17. The van der Waals surface area contributed by atoms with E-state index in [1.165, 1.54) is 5.56 Å². The average molecular weight is 337 g/mol. The molecular weight excluding hydrogens is 314 g/mol. The maximum absolute atomic E-state index is 12.0. The summed E-state index contributed by atoms with van der Waals surface area (Å²) in [7, 11) is 1.76. The standard InChI is InChI=1S/C20H23N3O2/c1-23(20(24)25-15-17-5-3-2-4-6-17)14-11-16-7-9-18(10-8-16)19-21-12-13-22-19/h2-10H,11-15H2,1H3,(H,21,22). The number of carbonyl (C=O) groups excluding carboxylic acids is 1. The molecule has 5 nitrogen and oxygen atoms in total. The second-order valence-electron chi connectivity index (χ2n) is 6.07. The Morgan fingerprint density at radius 2 is 1.88 bits per heavy atom. The summed E-state index contributed by atoms with van der Waals surface area (Å²) >= 11 is 0. The van der Waals surface area contributed by atoms with E-state index >= 15 is 0 Å². The van der Waals surface area contributed by atoms with Gasteiger partial charge in [-0.1, -0.05) is 54.6 Å². The summed E-state index contributed by atoms with van der Waals surface area (Å²) < 4.78 is 5.33. The Balaban J connectivity index is 1.45. The fourth-order valence-electron chi connectivity index (χ4n) is 2.64. The summed E-state index contributed by atoms with van der Waals surface area (Å²) in [6.45, 7) is 2.67. The first kappa shape index (κ1) is 17.0. The lowest BCUT2D eigenvalue weighted by atomic mass is 10.1. The van der Waals surface area contributed by atoms with E-state index in [2.05, 4.69) is 34.6 Å². The molecule has 1 aliphatic heterocycles. The average Bonchev–Trinajstić information content (AvgIpc) is 3.20. The minimum atomic E-state index is -0.301. The molecule has 0 atom stereocenters. The Kier molecular flexibility index (Phi) is 5.67. The summed E-state index contributed by atoms with van der Waals surface area (Å²) in [4.78, 5) is 18.1. The number of likely N-dealkylation sites (N-methyl/N-ethyl adjacent to an activating group) is 1. The number of aliphatic imine (C=N–C) groups is 1. The second kappa shape index (κ2) is 8.33. The van der Waals surface area contributed by atoms with Crippen molar-refractivity contribution in [1.82, 2.24) is 10.2 Å². The van der Waals surface area contributed by atoms with Gasteiger partial charge in [-0.3, -0.25) is 4.99 Å². The Morgan fingerprint density at radius 3 is 2.56 bits per heavy atom. The molecule has 1 amide bonds. The molecule has 0 bridgehead atoms. The maximum Gasteiger partial charge on any atom is 0.409 e. The third kappa shape index (κ3) is 4.83. The number of rotatable bonds is 6. The summed E-state index contributed by atoms with van der Waals surface area (Å²) in [5.41, 5.74) is 3.28. The van der Waals surface area contributed by atoms with Crippen molar-refractivity contribution in [2.24, 2.45) is 4.99 Å². The van der Waals surface area contributed by atoms with Crippen LogP contribution in [-0.2, 0) is 17.8 Å². The van der Waals surface area contributed by atoms with Crippen LogP contribution in [0, 0.1) is 0 Å². The number of amides is 1. The molecule has 0 saturated carbocycles. The van der Waals surface area contributed by atoms with Crippen LogP contribution >= 0.6 is 0 Å². The van der Waals surface area contributed by atoms with Gasteiger partial charge in [0.2, 0.25) is 0 Å². The molecule has 3 rings (SSSR count). The molecular formula is C20H23N3O2. The van der Waals surface area contributed by atoms with Crippen LogP contribution in [0.3, 0.4) is 0 Å². The van der Waals surface area contributed by atoms with Crippen LogP contribution in [0.1, 0.15) is 16.7 Å². The number of benzene rings is 2. The zero-order chi connectivity index (χ0) is 17.5. The zero-order valence-corrected chi connectivity index (χ0v) is 14.4. The van der Waals surface area contributed by atoms with Gasteiger partial charge in [-0.05, 0) is 17.5 Å². The molecule has 130 valence electrons. The van der Waals surface area contributed by atoms with Gasteiger partial charge < -0.3 is 15.0 Å². The first-order valence-electron chi connectivity index (χ1n) is 8.52. The number of hydrogen-bond acceptors (Lipinski definition) is 4. The smallest absolute Gasteiger partial charge is 0.409 e. The van der Waals surface area contributed by atoms with Gasteiger partial charge >= 0.3 is 6.09 Å². The van der Waals surface area contributed by atoms with Crippen LogP contribution < -0.4 is 5.32 Å². The number of nitrogens with one attached hydrogen (secondary N) is 1. The molecule has 1 aliphatic rings. The highest BCUT2D eigenvalue weighted by molar-refractivity contribution is 5.99. The van der Waals surface area contributed by atoms with Gasteiger partial charge in [0.25, 0.3) is 0 Å². The Labute approximate surface area is 148 Å². The van der Waals surface area contributed by atoms with Gasteiger partial charge in [0.15, 0.2) is 0 Å². The normalized spacial score (nSPS) is 13.1. The Bertz CT molecular complexity index is 726. The molecule has 1 N–H and O–H groups in total. The molecule has 0 unspecified atom stereocenters. The number of amidine groups is 1.